The Hall–Kier alpha value is -0.200. The fourth-order valence-electron chi connectivity index (χ4n) is 1.57. The van der Waals surface area contributed by atoms with Gasteiger partial charge in [-0.25, -0.2) is 8.42 Å². The lowest BCUT2D eigenvalue weighted by Crippen LogP contribution is -2.28. The van der Waals surface area contributed by atoms with Crippen molar-refractivity contribution in [3.63, 3.8) is 0 Å². The van der Waals surface area contributed by atoms with E-state index in [0.717, 1.165) is 12.5 Å². The monoisotopic (exact) mass is 377 g/mol. The van der Waals surface area contributed by atoms with Crippen LogP contribution in [0.25, 0.3) is 0 Å². The van der Waals surface area contributed by atoms with Crippen molar-refractivity contribution < 1.29 is 13.2 Å². The molecule has 0 atom stereocenters. The average molecular weight is 379 g/mol. The van der Waals surface area contributed by atoms with Crippen LogP contribution in [0.15, 0.2) is 11.0 Å². The molecule has 1 aromatic carbocycles. The first kappa shape index (κ1) is 17.9. The second-order valence-electron chi connectivity index (χ2n) is 4.02. The third kappa shape index (κ3) is 3.71. The van der Waals surface area contributed by atoms with Crippen molar-refractivity contribution >= 4 is 60.4 Å². The molecule has 0 aliphatic heterocycles. The smallest absolute Gasteiger partial charge is 0.262 e. The zero-order chi connectivity index (χ0) is 15.7. The second kappa shape index (κ2) is 6.71. The predicted molar refractivity (Wildman–Crippen MR) is 81.8 cm³/mol. The molecule has 0 unspecified atom stereocenters. The van der Waals surface area contributed by atoms with Crippen molar-refractivity contribution in [2.24, 2.45) is 0 Å². The summed E-state index contributed by atoms with van der Waals surface area (Å²) in [4.78, 5) is 13.2. The normalized spacial score (nSPS) is 11.5. The van der Waals surface area contributed by atoms with E-state index in [2.05, 4.69) is 0 Å². The first-order valence-corrected chi connectivity index (χ1v) is 8.93. The van der Waals surface area contributed by atoms with Crippen LogP contribution < -0.4 is 0 Å². The van der Waals surface area contributed by atoms with Crippen molar-refractivity contribution in [3.05, 3.63) is 26.7 Å². The molecule has 0 aliphatic rings. The van der Waals surface area contributed by atoms with E-state index in [1.165, 1.54) is 4.90 Å². The van der Waals surface area contributed by atoms with Gasteiger partial charge in [-0.3, -0.25) is 4.79 Å². The van der Waals surface area contributed by atoms with Gasteiger partial charge in [0, 0.05) is 24.3 Å². The Labute approximate surface area is 137 Å². The van der Waals surface area contributed by atoms with Gasteiger partial charge in [-0.05, 0) is 12.5 Å². The molecule has 1 aromatic rings. The summed E-state index contributed by atoms with van der Waals surface area (Å²) in [6.45, 7) is 2.35. The number of hydrogen-bond acceptors (Lipinski definition) is 3. The number of carbonyl (C=O) groups excluding carboxylic acids is 1. The van der Waals surface area contributed by atoms with Gasteiger partial charge < -0.3 is 4.90 Å². The minimum absolute atomic E-state index is 0.103. The molecule has 0 aromatic heterocycles. The highest BCUT2D eigenvalue weighted by molar-refractivity contribution is 8.13. The van der Waals surface area contributed by atoms with Gasteiger partial charge in [0.25, 0.3) is 15.0 Å². The van der Waals surface area contributed by atoms with Crippen molar-refractivity contribution in [2.75, 3.05) is 13.6 Å². The minimum atomic E-state index is -4.14. The van der Waals surface area contributed by atoms with Crippen LogP contribution in [0.3, 0.4) is 0 Å². The van der Waals surface area contributed by atoms with Crippen molar-refractivity contribution in [1.82, 2.24) is 4.90 Å². The SMILES string of the molecule is CCCN(C)C(=O)c1c(Cl)c(Cl)cc(S(=O)(=O)Cl)c1Cl. The van der Waals surface area contributed by atoms with Crippen molar-refractivity contribution in [2.45, 2.75) is 18.2 Å². The lowest BCUT2D eigenvalue weighted by atomic mass is 10.2. The van der Waals surface area contributed by atoms with E-state index < -0.39 is 19.9 Å². The number of amides is 1. The molecule has 112 valence electrons. The molecule has 0 saturated carbocycles. The summed E-state index contributed by atoms with van der Waals surface area (Å²) < 4.78 is 22.9. The molecule has 9 heteroatoms. The molecular formula is C11H11Cl4NO3S. The van der Waals surface area contributed by atoms with Crippen LogP contribution in [0.2, 0.25) is 15.1 Å². The molecular weight excluding hydrogens is 368 g/mol. The molecule has 0 heterocycles. The van der Waals surface area contributed by atoms with Crippen LogP contribution in [-0.2, 0) is 9.05 Å². The van der Waals surface area contributed by atoms with Crippen LogP contribution in [0.5, 0.6) is 0 Å². The molecule has 0 saturated heterocycles. The number of benzene rings is 1. The number of nitrogens with zero attached hydrogens (tertiary/aromatic N) is 1. The second-order valence-corrected chi connectivity index (χ2v) is 7.72. The quantitative estimate of drug-likeness (QED) is 0.586. The molecule has 20 heavy (non-hydrogen) atoms. The molecule has 0 N–H and O–H groups in total. The topological polar surface area (TPSA) is 54.5 Å². The fraction of sp³-hybridized carbons (Fsp3) is 0.364. The van der Waals surface area contributed by atoms with Crippen molar-refractivity contribution in [3.8, 4) is 0 Å². The van der Waals surface area contributed by atoms with Gasteiger partial charge in [0.2, 0.25) is 0 Å². The Balaban J connectivity index is 3.55. The van der Waals surface area contributed by atoms with Gasteiger partial charge in [-0.15, -0.1) is 0 Å². The van der Waals surface area contributed by atoms with Gasteiger partial charge in [0.1, 0.15) is 4.90 Å². The zero-order valence-electron chi connectivity index (χ0n) is 10.6. The van der Waals surface area contributed by atoms with E-state index in [9.17, 15) is 13.2 Å². The molecule has 0 spiro atoms. The molecule has 0 aliphatic carbocycles. The van der Waals surface area contributed by atoms with Crippen LogP contribution >= 0.6 is 45.5 Å². The maximum absolute atomic E-state index is 12.3. The summed E-state index contributed by atoms with van der Waals surface area (Å²) >= 11 is 17.8. The standard InChI is InChI=1S/C11H11Cl4NO3S/c1-3-4-16(2)11(17)8-9(13)6(12)5-7(10(8)14)20(15,18)19/h5H,3-4H2,1-2H3. The van der Waals surface area contributed by atoms with E-state index in [4.69, 9.17) is 45.5 Å². The van der Waals surface area contributed by atoms with E-state index in [1.54, 1.807) is 7.05 Å². The fourth-order valence-corrected chi connectivity index (χ4v) is 3.71. The minimum Gasteiger partial charge on any atom is -0.342 e. The Morgan fingerprint density at radius 3 is 2.25 bits per heavy atom. The summed E-state index contributed by atoms with van der Waals surface area (Å²) in [6, 6.07) is 1.02. The summed E-state index contributed by atoms with van der Waals surface area (Å²) in [7, 11) is 2.68. The zero-order valence-corrected chi connectivity index (χ0v) is 14.4. The molecule has 0 radical (unpaired) electrons. The summed E-state index contributed by atoms with van der Waals surface area (Å²) in [6.07, 6.45) is 0.721. The maximum atomic E-state index is 12.3. The Morgan fingerprint density at radius 2 is 1.80 bits per heavy atom. The van der Waals surface area contributed by atoms with Gasteiger partial charge in [0.15, 0.2) is 0 Å². The van der Waals surface area contributed by atoms with Gasteiger partial charge in [-0.2, -0.15) is 0 Å². The first-order valence-electron chi connectivity index (χ1n) is 5.48. The third-order valence-electron chi connectivity index (χ3n) is 2.51. The van der Waals surface area contributed by atoms with E-state index in [1.807, 2.05) is 6.92 Å². The molecule has 4 nitrogen and oxygen atoms in total. The lowest BCUT2D eigenvalue weighted by Gasteiger charge is -2.19. The van der Waals surface area contributed by atoms with E-state index in [0.29, 0.717) is 6.54 Å². The first-order chi connectivity index (χ1) is 9.11. The summed E-state index contributed by atoms with van der Waals surface area (Å²) in [5.74, 6) is -0.522. The highest BCUT2D eigenvalue weighted by atomic mass is 35.7. The van der Waals surface area contributed by atoms with Crippen molar-refractivity contribution in [1.29, 1.82) is 0 Å². The highest BCUT2D eigenvalue weighted by Gasteiger charge is 2.27. The molecule has 0 bridgehead atoms. The Morgan fingerprint density at radius 1 is 1.25 bits per heavy atom. The maximum Gasteiger partial charge on any atom is 0.262 e. The molecule has 1 amide bonds. The Bertz CT molecular complexity index is 646. The lowest BCUT2D eigenvalue weighted by molar-refractivity contribution is 0.0795. The predicted octanol–water partition coefficient (Wildman–Crippen LogP) is 4.06. The summed E-state index contributed by atoms with van der Waals surface area (Å²) in [5.41, 5.74) is -0.170. The number of rotatable bonds is 4. The van der Waals surface area contributed by atoms with Crippen LogP contribution in [-0.4, -0.2) is 32.8 Å². The number of halogens is 4. The van der Waals surface area contributed by atoms with Crippen LogP contribution in [0.1, 0.15) is 23.7 Å². The average Bonchev–Trinajstić information content (AvgIpc) is 2.32. The Kier molecular flexibility index (Phi) is 5.99. The molecule has 0 fully saturated rings. The van der Waals surface area contributed by atoms with Gasteiger partial charge in [-0.1, -0.05) is 41.7 Å². The molecule has 1 rings (SSSR count). The highest BCUT2D eigenvalue weighted by Crippen LogP contribution is 2.38. The van der Waals surface area contributed by atoms with E-state index in [-0.39, 0.29) is 20.6 Å². The number of hydrogen-bond donors (Lipinski definition) is 0. The van der Waals surface area contributed by atoms with Crippen LogP contribution in [0, 0.1) is 0 Å². The van der Waals surface area contributed by atoms with Gasteiger partial charge >= 0.3 is 0 Å². The van der Waals surface area contributed by atoms with E-state index >= 15 is 0 Å². The largest absolute Gasteiger partial charge is 0.342 e. The third-order valence-corrected chi connectivity index (χ3v) is 5.14. The number of carbonyl (C=O) groups is 1. The van der Waals surface area contributed by atoms with Gasteiger partial charge in [0.05, 0.1) is 20.6 Å². The van der Waals surface area contributed by atoms with Crippen LogP contribution in [0.4, 0.5) is 0 Å². The summed E-state index contributed by atoms with van der Waals surface area (Å²) in [5, 5.41) is -0.542.